The number of rotatable bonds is 6. The molecular formula is C20H24N4O4. The molecule has 4 rings (SSSR count). The molecule has 1 saturated heterocycles. The van der Waals surface area contributed by atoms with Crippen molar-refractivity contribution in [1.82, 2.24) is 14.5 Å². The summed E-state index contributed by atoms with van der Waals surface area (Å²) in [5.41, 5.74) is 5.82. The number of anilines is 1. The van der Waals surface area contributed by atoms with Crippen LogP contribution in [0.3, 0.4) is 0 Å². The average molecular weight is 384 g/mol. The zero-order valence-electron chi connectivity index (χ0n) is 15.8. The first kappa shape index (κ1) is 18.5. The van der Waals surface area contributed by atoms with Gasteiger partial charge in [-0.3, -0.25) is 24.0 Å². The lowest BCUT2D eigenvalue weighted by Crippen LogP contribution is -2.39. The summed E-state index contributed by atoms with van der Waals surface area (Å²) in [6, 6.07) is 7.89. The van der Waals surface area contributed by atoms with Crippen molar-refractivity contribution in [1.29, 1.82) is 0 Å². The summed E-state index contributed by atoms with van der Waals surface area (Å²) in [6.45, 7) is 0.857. The van der Waals surface area contributed by atoms with E-state index in [0.29, 0.717) is 0 Å². The van der Waals surface area contributed by atoms with Crippen molar-refractivity contribution in [2.45, 2.75) is 37.8 Å². The summed E-state index contributed by atoms with van der Waals surface area (Å²) >= 11 is 0. The normalized spacial score (nSPS) is 19.7. The average Bonchev–Trinajstić information content (AvgIpc) is 3.39. The van der Waals surface area contributed by atoms with E-state index in [4.69, 9.17) is 10.5 Å². The molecule has 2 heterocycles. The van der Waals surface area contributed by atoms with Gasteiger partial charge >= 0.3 is 5.69 Å². The number of nitrogens with two attached hydrogens (primary N) is 1. The molecule has 1 aliphatic carbocycles. The zero-order chi connectivity index (χ0) is 19.8. The number of nitrogen functional groups attached to an aromatic ring is 1. The fourth-order valence-corrected chi connectivity index (χ4v) is 4.01. The molecule has 1 saturated carbocycles. The molecule has 1 atom stereocenters. The third-order valence-corrected chi connectivity index (χ3v) is 5.58. The highest BCUT2D eigenvalue weighted by Gasteiger charge is 2.32. The fourth-order valence-electron chi connectivity index (χ4n) is 4.01. The monoisotopic (exact) mass is 384 g/mol. The minimum atomic E-state index is -0.704. The number of ether oxygens (including phenoxy) is 1. The number of methoxy groups -OCH3 is 1. The molecule has 1 aromatic heterocycles. The molecule has 0 bridgehead atoms. The van der Waals surface area contributed by atoms with Crippen LogP contribution in [-0.4, -0.2) is 40.4 Å². The standard InChI is InChI=1S/C20H24N4O4/c1-28-14-8-4-12(5-9-14)15-3-2-10-23(15)11-16(25)17-18(21)24(13-6-7-13)20(27)22-19(17)26/h4-5,8-9,13,15H,2-3,6-7,10-11,21H2,1H3,(H,22,26,27). The lowest BCUT2D eigenvalue weighted by atomic mass is 10.0. The van der Waals surface area contributed by atoms with E-state index in [9.17, 15) is 14.4 Å². The Morgan fingerprint density at radius 2 is 1.93 bits per heavy atom. The minimum Gasteiger partial charge on any atom is -0.497 e. The number of ketones is 1. The van der Waals surface area contributed by atoms with Crippen molar-refractivity contribution < 1.29 is 9.53 Å². The number of nitrogens with one attached hydrogen (secondary N) is 1. The Labute approximate surface area is 161 Å². The molecular weight excluding hydrogens is 360 g/mol. The van der Waals surface area contributed by atoms with E-state index >= 15 is 0 Å². The van der Waals surface area contributed by atoms with Crippen LogP contribution >= 0.6 is 0 Å². The molecule has 0 spiro atoms. The molecule has 1 unspecified atom stereocenters. The van der Waals surface area contributed by atoms with Gasteiger partial charge in [0.05, 0.1) is 13.7 Å². The predicted molar refractivity (Wildman–Crippen MR) is 105 cm³/mol. The van der Waals surface area contributed by atoms with Gasteiger partial charge in [0, 0.05) is 12.1 Å². The third kappa shape index (κ3) is 3.35. The molecule has 1 aromatic carbocycles. The van der Waals surface area contributed by atoms with Crippen LogP contribution < -0.4 is 21.7 Å². The van der Waals surface area contributed by atoms with E-state index in [0.717, 1.165) is 43.5 Å². The first-order valence-corrected chi connectivity index (χ1v) is 9.55. The third-order valence-electron chi connectivity index (χ3n) is 5.58. The SMILES string of the molecule is COc1ccc(C2CCCN2CC(=O)c2c(N)n(C3CC3)c(=O)[nH]c2=O)cc1. The summed E-state index contributed by atoms with van der Waals surface area (Å²) < 4.78 is 6.55. The number of hydrogen-bond donors (Lipinski definition) is 2. The Balaban J connectivity index is 1.58. The second-order valence-electron chi connectivity index (χ2n) is 7.45. The Morgan fingerprint density at radius 1 is 1.21 bits per heavy atom. The lowest BCUT2D eigenvalue weighted by Gasteiger charge is -2.24. The molecule has 0 amide bonds. The van der Waals surface area contributed by atoms with Crippen molar-refractivity contribution >= 4 is 11.6 Å². The molecule has 1 aliphatic heterocycles. The summed E-state index contributed by atoms with van der Waals surface area (Å²) in [4.78, 5) is 41.6. The number of hydrogen-bond acceptors (Lipinski definition) is 6. The Kier molecular flexibility index (Phi) is 4.80. The molecule has 0 radical (unpaired) electrons. The highest BCUT2D eigenvalue weighted by Crippen LogP contribution is 2.36. The molecule has 2 fully saturated rings. The van der Waals surface area contributed by atoms with Crippen LogP contribution in [-0.2, 0) is 0 Å². The van der Waals surface area contributed by atoms with Crippen LogP contribution in [0.2, 0.25) is 0 Å². The van der Waals surface area contributed by atoms with Gasteiger partial charge in [0.15, 0.2) is 5.78 Å². The Bertz CT molecular complexity index is 1000. The molecule has 8 heteroatoms. The maximum atomic E-state index is 12.9. The van der Waals surface area contributed by atoms with Crippen LogP contribution in [0.15, 0.2) is 33.9 Å². The largest absolute Gasteiger partial charge is 0.497 e. The van der Waals surface area contributed by atoms with Crippen LogP contribution in [0.4, 0.5) is 5.82 Å². The van der Waals surface area contributed by atoms with Crippen molar-refractivity contribution in [3.63, 3.8) is 0 Å². The van der Waals surface area contributed by atoms with Gasteiger partial charge in [0.2, 0.25) is 0 Å². The zero-order valence-corrected chi connectivity index (χ0v) is 15.8. The van der Waals surface area contributed by atoms with Crippen LogP contribution in [0.5, 0.6) is 5.75 Å². The number of benzene rings is 1. The van der Waals surface area contributed by atoms with Crippen LogP contribution in [0.1, 0.15) is 53.7 Å². The van der Waals surface area contributed by atoms with E-state index < -0.39 is 11.2 Å². The van der Waals surface area contributed by atoms with Crippen molar-refractivity contribution in [3.8, 4) is 5.75 Å². The number of Topliss-reactive ketones (excluding diaryl/α,β-unsaturated/α-hetero) is 1. The van der Waals surface area contributed by atoms with Crippen molar-refractivity contribution in [2.75, 3.05) is 25.9 Å². The van der Waals surface area contributed by atoms with Gasteiger partial charge in [0.1, 0.15) is 17.1 Å². The highest BCUT2D eigenvalue weighted by molar-refractivity contribution is 6.01. The van der Waals surface area contributed by atoms with Crippen molar-refractivity contribution in [3.05, 3.63) is 56.2 Å². The van der Waals surface area contributed by atoms with Gasteiger partial charge < -0.3 is 10.5 Å². The second kappa shape index (κ2) is 7.27. The van der Waals surface area contributed by atoms with E-state index in [2.05, 4.69) is 9.88 Å². The van der Waals surface area contributed by atoms with Gasteiger partial charge in [-0.15, -0.1) is 0 Å². The highest BCUT2D eigenvalue weighted by atomic mass is 16.5. The molecule has 3 N–H and O–H groups in total. The van der Waals surface area contributed by atoms with E-state index in [1.807, 2.05) is 24.3 Å². The van der Waals surface area contributed by atoms with Crippen LogP contribution in [0.25, 0.3) is 0 Å². The van der Waals surface area contributed by atoms with Gasteiger partial charge in [-0.2, -0.15) is 0 Å². The molecule has 2 aliphatic rings. The minimum absolute atomic E-state index is 0.0126. The summed E-state index contributed by atoms with van der Waals surface area (Å²) in [6.07, 6.45) is 3.56. The summed E-state index contributed by atoms with van der Waals surface area (Å²) in [5, 5.41) is 0. The maximum absolute atomic E-state index is 12.9. The summed E-state index contributed by atoms with van der Waals surface area (Å²) in [5.74, 6) is 0.418. The fraction of sp³-hybridized carbons (Fsp3) is 0.450. The lowest BCUT2D eigenvalue weighted by molar-refractivity contribution is 0.0920. The number of H-pyrrole nitrogens is 1. The van der Waals surface area contributed by atoms with Gasteiger partial charge in [-0.25, -0.2) is 4.79 Å². The van der Waals surface area contributed by atoms with Crippen LogP contribution in [0, 0.1) is 0 Å². The Hall–Kier alpha value is -2.87. The first-order chi connectivity index (χ1) is 13.5. The van der Waals surface area contributed by atoms with E-state index in [-0.39, 0.29) is 35.8 Å². The van der Waals surface area contributed by atoms with E-state index in [1.165, 1.54) is 4.57 Å². The molecule has 28 heavy (non-hydrogen) atoms. The number of nitrogens with zero attached hydrogens (tertiary/aromatic N) is 2. The van der Waals surface area contributed by atoms with Crippen molar-refractivity contribution in [2.24, 2.45) is 0 Å². The van der Waals surface area contributed by atoms with Gasteiger partial charge in [-0.05, 0) is 49.9 Å². The van der Waals surface area contributed by atoms with Gasteiger partial charge in [-0.1, -0.05) is 12.1 Å². The first-order valence-electron chi connectivity index (χ1n) is 9.55. The maximum Gasteiger partial charge on any atom is 0.330 e. The van der Waals surface area contributed by atoms with E-state index in [1.54, 1.807) is 7.11 Å². The number of likely N-dealkylation sites (tertiary alicyclic amines) is 1. The number of aromatic amines is 1. The smallest absolute Gasteiger partial charge is 0.330 e. The molecule has 148 valence electrons. The number of aromatic nitrogens is 2. The number of carbonyl (C=O) groups excluding carboxylic acids is 1. The number of carbonyl (C=O) groups is 1. The second-order valence-corrected chi connectivity index (χ2v) is 7.45. The molecule has 8 nitrogen and oxygen atoms in total. The topological polar surface area (TPSA) is 110 Å². The van der Waals surface area contributed by atoms with Gasteiger partial charge in [0.25, 0.3) is 5.56 Å². The Morgan fingerprint density at radius 3 is 2.57 bits per heavy atom. The summed E-state index contributed by atoms with van der Waals surface area (Å²) in [7, 11) is 1.62. The quantitative estimate of drug-likeness (QED) is 0.730. The predicted octanol–water partition coefficient (Wildman–Crippen LogP) is 1.48. The molecule has 2 aromatic rings.